The maximum absolute atomic E-state index is 13.6. The minimum absolute atomic E-state index is 0.0641. The van der Waals surface area contributed by atoms with E-state index in [1.807, 2.05) is 94.6 Å². The number of Topliss-reactive ketones (excluding diaryl/α,β-unsaturated/α-hetero) is 1. The number of anilines is 1. The molecule has 1 fully saturated rings. The van der Waals surface area contributed by atoms with Gasteiger partial charge in [0, 0.05) is 33.9 Å². The molecule has 1 aliphatic heterocycles. The highest BCUT2D eigenvalue weighted by atomic mass is 16.5. The predicted molar refractivity (Wildman–Crippen MR) is 146 cm³/mol. The molecule has 6 heteroatoms. The van der Waals surface area contributed by atoms with Gasteiger partial charge in [0.25, 0.3) is 11.7 Å². The average molecular weight is 495 g/mol. The van der Waals surface area contributed by atoms with Crippen molar-refractivity contribution in [3.63, 3.8) is 0 Å². The Labute approximate surface area is 216 Å². The number of H-pyrrole nitrogens is 1. The number of carbonyl (C=O) groups excluding carboxylic acids is 2. The van der Waals surface area contributed by atoms with Crippen molar-refractivity contribution in [2.24, 2.45) is 0 Å². The minimum atomic E-state index is -0.798. The number of amides is 1. The molecule has 0 saturated carbocycles. The molecular weight excluding hydrogens is 464 g/mol. The number of para-hydroxylation sites is 1. The summed E-state index contributed by atoms with van der Waals surface area (Å²) in [4.78, 5) is 31.8. The quantitative estimate of drug-likeness (QED) is 0.179. The zero-order valence-corrected chi connectivity index (χ0v) is 21.4. The van der Waals surface area contributed by atoms with E-state index in [9.17, 15) is 14.7 Å². The molecule has 188 valence electrons. The van der Waals surface area contributed by atoms with Crippen LogP contribution in [0.1, 0.15) is 55.0 Å². The molecule has 2 N–H and O–H groups in total. The first-order valence-corrected chi connectivity index (χ1v) is 12.5. The van der Waals surface area contributed by atoms with Crippen molar-refractivity contribution in [1.29, 1.82) is 0 Å². The van der Waals surface area contributed by atoms with Gasteiger partial charge in [0.15, 0.2) is 0 Å². The van der Waals surface area contributed by atoms with Gasteiger partial charge in [-0.1, -0.05) is 49.7 Å². The summed E-state index contributed by atoms with van der Waals surface area (Å²) < 4.78 is 5.78. The number of benzene rings is 3. The standard InChI is InChI=1S/C31H30N2O4/c1-5-37-26-15-12-20(16-23(26)18(2)3)29(34)27-28(24-17-32-25-9-7-6-8-22(24)25)33(31(36)30(27)35)21-13-10-19(4)11-14-21/h6-18,28,32,34H,5H2,1-4H3/b29-27+. The number of ketones is 1. The Hall–Kier alpha value is -4.32. The van der Waals surface area contributed by atoms with Crippen LogP contribution in [0.5, 0.6) is 5.75 Å². The number of carbonyl (C=O) groups is 2. The SMILES string of the molecule is CCOc1ccc(/C(O)=C2\C(=O)C(=O)N(c3ccc(C)cc3)C2c2c[nH]c3ccccc23)cc1C(C)C. The van der Waals surface area contributed by atoms with E-state index in [0.717, 1.165) is 33.3 Å². The van der Waals surface area contributed by atoms with Crippen LogP contribution in [0.3, 0.4) is 0 Å². The summed E-state index contributed by atoms with van der Waals surface area (Å²) in [6.45, 7) is 8.50. The third-order valence-corrected chi connectivity index (χ3v) is 6.88. The van der Waals surface area contributed by atoms with E-state index >= 15 is 0 Å². The highest BCUT2D eigenvalue weighted by molar-refractivity contribution is 6.51. The van der Waals surface area contributed by atoms with Crippen LogP contribution < -0.4 is 9.64 Å². The molecule has 4 aromatic rings. The van der Waals surface area contributed by atoms with Gasteiger partial charge in [0.2, 0.25) is 0 Å². The van der Waals surface area contributed by atoms with Crippen LogP contribution in [0.25, 0.3) is 16.7 Å². The molecule has 6 nitrogen and oxygen atoms in total. The summed E-state index contributed by atoms with van der Waals surface area (Å²) in [5.74, 6) is -0.715. The van der Waals surface area contributed by atoms with Crippen molar-refractivity contribution in [3.05, 3.63) is 101 Å². The van der Waals surface area contributed by atoms with Crippen LogP contribution in [0.4, 0.5) is 5.69 Å². The Morgan fingerprint density at radius 3 is 2.49 bits per heavy atom. The Bertz CT molecular complexity index is 1530. The number of aliphatic hydroxyl groups is 1. The van der Waals surface area contributed by atoms with Gasteiger partial charge in [-0.05, 0) is 61.7 Å². The fraction of sp³-hybridized carbons (Fsp3) is 0.226. The van der Waals surface area contributed by atoms with E-state index in [4.69, 9.17) is 4.74 Å². The lowest BCUT2D eigenvalue weighted by atomic mass is 9.93. The minimum Gasteiger partial charge on any atom is -0.507 e. The van der Waals surface area contributed by atoms with Gasteiger partial charge in [-0.25, -0.2) is 0 Å². The molecule has 1 aromatic heterocycles. The molecule has 0 aliphatic carbocycles. The van der Waals surface area contributed by atoms with E-state index in [1.54, 1.807) is 6.07 Å². The first-order chi connectivity index (χ1) is 17.8. The number of aliphatic hydroxyl groups excluding tert-OH is 1. The average Bonchev–Trinajstić information content (AvgIpc) is 3.43. The summed E-state index contributed by atoms with van der Waals surface area (Å²) in [6, 6.07) is 19.8. The van der Waals surface area contributed by atoms with Gasteiger partial charge in [-0.2, -0.15) is 0 Å². The van der Waals surface area contributed by atoms with Crippen molar-refractivity contribution >= 4 is 34.0 Å². The van der Waals surface area contributed by atoms with Crippen molar-refractivity contribution < 1.29 is 19.4 Å². The number of aromatic amines is 1. The Morgan fingerprint density at radius 2 is 1.78 bits per heavy atom. The van der Waals surface area contributed by atoms with Gasteiger partial charge < -0.3 is 14.8 Å². The molecule has 0 radical (unpaired) electrons. The maximum Gasteiger partial charge on any atom is 0.300 e. The normalized spacial score (nSPS) is 17.2. The number of aryl methyl sites for hydroxylation is 1. The molecule has 0 spiro atoms. The fourth-order valence-electron chi connectivity index (χ4n) is 5.01. The first-order valence-electron chi connectivity index (χ1n) is 12.5. The monoisotopic (exact) mass is 494 g/mol. The highest BCUT2D eigenvalue weighted by Gasteiger charge is 2.47. The number of rotatable bonds is 6. The van der Waals surface area contributed by atoms with Gasteiger partial charge in [0.1, 0.15) is 11.5 Å². The van der Waals surface area contributed by atoms with Crippen molar-refractivity contribution in [3.8, 4) is 5.75 Å². The van der Waals surface area contributed by atoms with E-state index in [2.05, 4.69) is 4.98 Å². The summed E-state index contributed by atoms with van der Waals surface area (Å²) >= 11 is 0. The predicted octanol–water partition coefficient (Wildman–Crippen LogP) is 6.62. The molecule has 37 heavy (non-hydrogen) atoms. The highest BCUT2D eigenvalue weighted by Crippen LogP contribution is 2.44. The lowest BCUT2D eigenvalue weighted by Gasteiger charge is -2.25. The number of nitrogens with one attached hydrogen (secondary N) is 1. The molecule has 5 rings (SSSR count). The molecular formula is C31H30N2O4. The Kier molecular flexibility index (Phi) is 6.34. The zero-order valence-electron chi connectivity index (χ0n) is 21.4. The van der Waals surface area contributed by atoms with Crippen LogP contribution >= 0.6 is 0 Å². The second-order valence-electron chi connectivity index (χ2n) is 9.63. The van der Waals surface area contributed by atoms with E-state index in [0.29, 0.717) is 17.9 Å². The van der Waals surface area contributed by atoms with Crippen LogP contribution in [0, 0.1) is 6.92 Å². The molecule has 0 bridgehead atoms. The molecule has 1 amide bonds. The molecule has 3 aromatic carbocycles. The van der Waals surface area contributed by atoms with Crippen LogP contribution in [-0.2, 0) is 9.59 Å². The number of hydrogen-bond donors (Lipinski definition) is 2. The number of nitrogens with zero attached hydrogens (tertiary/aromatic N) is 1. The van der Waals surface area contributed by atoms with Gasteiger partial charge in [-0.15, -0.1) is 0 Å². The Morgan fingerprint density at radius 1 is 1.05 bits per heavy atom. The largest absolute Gasteiger partial charge is 0.507 e. The smallest absolute Gasteiger partial charge is 0.300 e. The van der Waals surface area contributed by atoms with E-state index < -0.39 is 17.7 Å². The summed E-state index contributed by atoms with van der Waals surface area (Å²) in [5.41, 5.74) is 4.72. The molecule has 2 heterocycles. The fourth-order valence-corrected chi connectivity index (χ4v) is 5.01. The third-order valence-electron chi connectivity index (χ3n) is 6.88. The van der Waals surface area contributed by atoms with Gasteiger partial charge in [0.05, 0.1) is 18.2 Å². The molecule has 1 unspecified atom stereocenters. The summed E-state index contributed by atoms with van der Waals surface area (Å²) in [7, 11) is 0. The van der Waals surface area contributed by atoms with Crippen LogP contribution in [-0.4, -0.2) is 28.4 Å². The zero-order chi connectivity index (χ0) is 26.3. The molecule has 1 aliphatic rings. The van der Waals surface area contributed by atoms with Gasteiger partial charge in [-0.3, -0.25) is 14.5 Å². The van der Waals surface area contributed by atoms with Crippen molar-refractivity contribution in [2.45, 2.75) is 39.7 Å². The van der Waals surface area contributed by atoms with E-state index in [1.165, 1.54) is 4.90 Å². The van der Waals surface area contributed by atoms with Crippen molar-refractivity contribution in [1.82, 2.24) is 4.98 Å². The topological polar surface area (TPSA) is 82.6 Å². The lowest BCUT2D eigenvalue weighted by Crippen LogP contribution is -2.29. The second-order valence-corrected chi connectivity index (χ2v) is 9.63. The molecule has 1 atom stereocenters. The van der Waals surface area contributed by atoms with E-state index in [-0.39, 0.29) is 17.3 Å². The summed E-state index contributed by atoms with van der Waals surface area (Å²) in [6.07, 6.45) is 1.81. The maximum atomic E-state index is 13.6. The second kappa shape index (κ2) is 9.62. The molecule has 1 saturated heterocycles. The van der Waals surface area contributed by atoms with Gasteiger partial charge >= 0.3 is 0 Å². The number of fused-ring (bicyclic) bond motifs is 1. The third kappa shape index (κ3) is 4.18. The van der Waals surface area contributed by atoms with Crippen LogP contribution in [0.15, 0.2) is 78.5 Å². The van der Waals surface area contributed by atoms with Crippen molar-refractivity contribution in [2.75, 3.05) is 11.5 Å². The number of aromatic nitrogens is 1. The van der Waals surface area contributed by atoms with Crippen LogP contribution in [0.2, 0.25) is 0 Å². The number of hydrogen-bond acceptors (Lipinski definition) is 4. The summed E-state index contributed by atoms with van der Waals surface area (Å²) in [5, 5.41) is 12.5. The number of ether oxygens (including phenoxy) is 1. The Balaban J connectivity index is 1.74. The first kappa shape index (κ1) is 24.4. The lowest BCUT2D eigenvalue weighted by molar-refractivity contribution is -0.132.